The molecule has 7 heteroatoms. The fraction of sp³-hybridized carbons (Fsp3) is 0.615. The van der Waals surface area contributed by atoms with E-state index in [1.54, 1.807) is 0 Å². The quantitative estimate of drug-likeness (QED) is 0.811. The first-order chi connectivity index (χ1) is 9.43. The normalized spacial score (nSPS) is 29.4. The van der Waals surface area contributed by atoms with Gasteiger partial charge in [0.2, 0.25) is 0 Å². The monoisotopic (exact) mass is 282 g/mol. The molecule has 0 radical (unpaired) electrons. The molecule has 1 N–H and O–H groups in total. The van der Waals surface area contributed by atoms with E-state index < -0.39 is 29.6 Å². The number of ether oxygens (including phenoxy) is 2. The maximum Gasteiger partial charge on any atom is 0.330 e. The molecule has 1 saturated heterocycles. The van der Waals surface area contributed by atoms with E-state index in [4.69, 9.17) is 9.47 Å². The van der Waals surface area contributed by atoms with Crippen molar-refractivity contribution in [1.29, 1.82) is 0 Å². The minimum atomic E-state index is -0.719. The van der Waals surface area contributed by atoms with Crippen molar-refractivity contribution in [1.82, 2.24) is 9.55 Å². The number of aromatic nitrogens is 2. The molecule has 1 aliphatic heterocycles. The number of carbonyl (C=O) groups is 1. The number of carbonyl (C=O) groups excluding carboxylic acids is 1. The lowest BCUT2D eigenvalue weighted by molar-refractivity contribution is -0.153. The van der Waals surface area contributed by atoms with Crippen LogP contribution in [0.1, 0.15) is 33.4 Å². The van der Waals surface area contributed by atoms with Crippen molar-refractivity contribution in [3.05, 3.63) is 33.1 Å². The molecule has 0 aromatic carbocycles. The molecule has 0 spiro atoms. The van der Waals surface area contributed by atoms with Crippen molar-refractivity contribution in [3.8, 4) is 0 Å². The summed E-state index contributed by atoms with van der Waals surface area (Å²) in [4.78, 5) is 36.4. The molecule has 1 aromatic heterocycles. The first-order valence-electron chi connectivity index (χ1n) is 6.58. The van der Waals surface area contributed by atoms with E-state index >= 15 is 0 Å². The molecular formula is C13H18N2O5. The Balaban J connectivity index is 2.39. The zero-order valence-electron chi connectivity index (χ0n) is 11.7. The van der Waals surface area contributed by atoms with Crippen molar-refractivity contribution in [2.45, 2.75) is 45.6 Å². The second kappa shape index (κ2) is 5.62. The third-order valence-electron chi connectivity index (χ3n) is 3.53. The lowest BCUT2D eigenvalue weighted by Gasteiger charge is -2.21. The van der Waals surface area contributed by atoms with Crippen molar-refractivity contribution < 1.29 is 14.3 Å². The van der Waals surface area contributed by atoms with Crippen molar-refractivity contribution >= 4 is 5.97 Å². The summed E-state index contributed by atoms with van der Waals surface area (Å²) in [7, 11) is 0. The van der Waals surface area contributed by atoms with E-state index in [1.165, 1.54) is 23.8 Å². The molecular weight excluding hydrogens is 264 g/mol. The van der Waals surface area contributed by atoms with E-state index in [0.717, 1.165) is 6.42 Å². The Morgan fingerprint density at radius 2 is 2.20 bits per heavy atom. The van der Waals surface area contributed by atoms with Gasteiger partial charge in [-0.3, -0.25) is 19.1 Å². The number of esters is 1. The van der Waals surface area contributed by atoms with Gasteiger partial charge in [0.15, 0.2) is 12.3 Å². The van der Waals surface area contributed by atoms with Gasteiger partial charge in [-0.2, -0.15) is 0 Å². The molecule has 0 saturated carbocycles. The van der Waals surface area contributed by atoms with E-state index in [2.05, 4.69) is 4.98 Å². The van der Waals surface area contributed by atoms with Crippen LogP contribution in [0.15, 0.2) is 21.9 Å². The topological polar surface area (TPSA) is 90.4 Å². The number of nitrogens with zero attached hydrogens (tertiary/aromatic N) is 1. The predicted octanol–water partition coefficient (Wildman–Crippen LogP) is 0.412. The number of hydrogen-bond acceptors (Lipinski definition) is 5. The minimum Gasteiger partial charge on any atom is -0.457 e. The van der Waals surface area contributed by atoms with E-state index in [0.29, 0.717) is 0 Å². The van der Waals surface area contributed by atoms with E-state index in [-0.39, 0.29) is 12.0 Å². The second-order valence-corrected chi connectivity index (χ2v) is 4.92. The van der Waals surface area contributed by atoms with Gasteiger partial charge >= 0.3 is 11.7 Å². The number of rotatable bonds is 3. The standard InChI is InChI=1S/C13H18N2O5/c1-4-9-7(2)11(19-8(3)16)12(20-9)15-6-5-10(17)14-13(15)18/h5-7,9,11-12H,4H2,1-3H3,(H,14,17,18)/t7?,9-,11+,12-/m1/s1. The zero-order chi connectivity index (χ0) is 14.9. The summed E-state index contributed by atoms with van der Waals surface area (Å²) in [5.74, 6) is -0.461. The van der Waals surface area contributed by atoms with Crippen LogP contribution < -0.4 is 11.2 Å². The molecule has 20 heavy (non-hydrogen) atoms. The van der Waals surface area contributed by atoms with Crippen LogP contribution in [0.5, 0.6) is 0 Å². The average Bonchev–Trinajstić information content (AvgIpc) is 2.66. The van der Waals surface area contributed by atoms with Crippen LogP contribution in [0.3, 0.4) is 0 Å². The SMILES string of the molecule is CC[C@H]1O[C@@H](n2ccc(=O)[nH]c2=O)[C@@H](OC(C)=O)C1C. The summed E-state index contributed by atoms with van der Waals surface area (Å²) in [5, 5.41) is 0. The summed E-state index contributed by atoms with van der Waals surface area (Å²) in [6.45, 7) is 5.20. The van der Waals surface area contributed by atoms with E-state index in [9.17, 15) is 14.4 Å². The Labute approximate surface area is 115 Å². The molecule has 0 aliphatic carbocycles. The predicted molar refractivity (Wildman–Crippen MR) is 70.2 cm³/mol. The minimum absolute atomic E-state index is 0.0345. The number of aromatic amines is 1. The lowest BCUT2D eigenvalue weighted by atomic mass is 9.98. The molecule has 4 atom stereocenters. The summed E-state index contributed by atoms with van der Waals surface area (Å²) < 4.78 is 12.4. The Kier molecular flexibility index (Phi) is 4.08. The Bertz CT molecular complexity index is 605. The van der Waals surface area contributed by atoms with Crippen LogP contribution in [-0.4, -0.2) is 27.7 Å². The molecule has 2 rings (SSSR count). The van der Waals surface area contributed by atoms with Crippen LogP contribution in [-0.2, 0) is 14.3 Å². The van der Waals surface area contributed by atoms with Crippen LogP contribution in [0.25, 0.3) is 0 Å². The largest absolute Gasteiger partial charge is 0.457 e. The zero-order valence-corrected chi connectivity index (χ0v) is 11.7. The molecule has 1 aliphatic rings. The average molecular weight is 282 g/mol. The molecule has 2 heterocycles. The Hall–Kier alpha value is -1.89. The second-order valence-electron chi connectivity index (χ2n) is 4.92. The lowest BCUT2D eigenvalue weighted by Crippen LogP contribution is -2.37. The van der Waals surface area contributed by atoms with Crippen molar-refractivity contribution in [2.75, 3.05) is 0 Å². The van der Waals surface area contributed by atoms with Gasteiger partial charge < -0.3 is 9.47 Å². The molecule has 110 valence electrons. The summed E-state index contributed by atoms with van der Waals surface area (Å²) >= 11 is 0. The first-order valence-corrected chi connectivity index (χ1v) is 6.58. The molecule has 0 amide bonds. The summed E-state index contributed by atoms with van der Waals surface area (Å²) in [6, 6.07) is 1.24. The van der Waals surface area contributed by atoms with Crippen LogP contribution >= 0.6 is 0 Å². The van der Waals surface area contributed by atoms with Gasteiger partial charge in [-0.05, 0) is 6.42 Å². The van der Waals surface area contributed by atoms with Crippen LogP contribution in [0, 0.1) is 5.92 Å². The smallest absolute Gasteiger partial charge is 0.330 e. The van der Waals surface area contributed by atoms with Crippen LogP contribution in [0.4, 0.5) is 0 Å². The van der Waals surface area contributed by atoms with Crippen LogP contribution in [0.2, 0.25) is 0 Å². The van der Waals surface area contributed by atoms with Gasteiger partial charge in [0.05, 0.1) is 6.10 Å². The summed E-state index contributed by atoms with van der Waals surface area (Å²) in [6.07, 6.45) is 0.716. The highest BCUT2D eigenvalue weighted by Crippen LogP contribution is 2.36. The maximum atomic E-state index is 11.8. The molecule has 1 fully saturated rings. The Morgan fingerprint density at radius 1 is 1.50 bits per heavy atom. The highest BCUT2D eigenvalue weighted by molar-refractivity contribution is 5.66. The third kappa shape index (κ3) is 2.67. The first kappa shape index (κ1) is 14.5. The van der Waals surface area contributed by atoms with E-state index in [1.807, 2.05) is 13.8 Å². The molecule has 7 nitrogen and oxygen atoms in total. The molecule has 1 unspecified atom stereocenters. The summed E-state index contributed by atoms with van der Waals surface area (Å²) in [5.41, 5.74) is -1.06. The van der Waals surface area contributed by atoms with Gasteiger partial charge in [-0.15, -0.1) is 0 Å². The highest BCUT2D eigenvalue weighted by Gasteiger charge is 2.44. The fourth-order valence-electron chi connectivity index (χ4n) is 2.53. The van der Waals surface area contributed by atoms with Crippen molar-refractivity contribution in [2.24, 2.45) is 5.92 Å². The number of nitrogens with one attached hydrogen (secondary N) is 1. The molecule has 0 bridgehead atoms. The van der Waals surface area contributed by atoms with Gasteiger partial charge in [0.25, 0.3) is 5.56 Å². The molecule has 1 aromatic rings. The van der Waals surface area contributed by atoms with Crippen molar-refractivity contribution in [3.63, 3.8) is 0 Å². The fourth-order valence-corrected chi connectivity index (χ4v) is 2.53. The maximum absolute atomic E-state index is 11.8. The number of hydrogen-bond donors (Lipinski definition) is 1. The highest BCUT2D eigenvalue weighted by atomic mass is 16.6. The van der Waals surface area contributed by atoms with Gasteiger partial charge in [0.1, 0.15) is 0 Å². The van der Waals surface area contributed by atoms with Gasteiger partial charge in [-0.1, -0.05) is 13.8 Å². The van der Waals surface area contributed by atoms with Gasteiger partial charge in [0, 0.05) is 25.1 Å². The van der Waals surface area contributed by atoms with Gasteiger partial charge in [-0.25, -0.2) is 4.79 Å². The third-order valence-corrected chi connectivity index (χ3v) is 3.53. The Morgan fingerprint density at radius 3 is 2.75 bits per heavy atom. The number of H-pyrrole nitrogens is 1.